The minimum absolute atomic E-state index is 0.0223. The van der Waals surface area contributed by atoms with Crippen molar-refractivity contribution in [2.24, 2.45) is 0 Å². The van der Waals surface area contributed by atoms with Gasteiger partial charge >= 0.3 is 6.03 Å². The van der Waals surface area contributed by atoms with Crippen molar-refractivity contribution in [3.8, 4) is 21.9 Å². The number of ether oxygens (including phenoxy) is 1. The van der Waals surface area contributed by atoms with Gasteiger partial charge in [-0.05, 0) is 64.9 Å². The van der Waals surface area contributed by atoms with Gasteiger partial charge in [-0.15, -0.1) is 11.3 Å². The fourth-order valence-electron chi connectivity index (χ4n) is 3.19. The lowest BCUT2D eigenvalue weighted by atomic mass is 9.86. The van der Waals surface area contributed by atoms with Gasteiger partial charge in [0.15, 0.2) is 0 Å². The maximum Gasteiger partial charge on any atom is 0.323 e. The highest BCUT2D eigenvalue weighted by molar-refractivity contribution is 7.13. The van der Waals surface area contributed by atoms with Crippen molar-refractivity contribution in [1.82, 2.24) is 4.98 Å². The third-order valence-electron chi connectivity index (χ3n) is 4.92. The van der Waals surface area contributed by atoms with E-state index in [1.54, 1.807) is 35.9 Å². The molecule has 4 aromatic rings. The first-order valence-corrected chi connectivity index (χ1v) is 11.2. The number of anilines is 2. The topological polar surface area (TPSA) is 63.2 Å². The fourth-order valence-corrected chi connectivity index (χ4v) is 3.96. The van der Waals surface area contributed by atoms with E-state index in [-0.39, 0.29) is 11.4 Å². The first kappa shape index (κ1) is 21.6. The van der Waals surface area contributed by atoms with E-state index in [1.165, 1.54) is 0 Å². The smallest absolute Gasteiger partial charge is 0.323 e. The van der Waals surface area contributed by atoms with E-state index in [2.05, 4.69) is 60.7 Å². The van der Waals surface area contributed by atoms with Crippen LogP contribution in [0.3, 0.4) is 0 Å². The van der Waals surface area contributed by atoms with Gasteiger partial charge in [0, 0.05) is 28.5 Å². The molecule has 0 unspecified atom stereocenters. The van der Waals surface area contributed by atoms with Crippen LogP contribution in [0.4, 0.5) is 16.2 Å². The summed E-state index contributed by atoms with van der Waals surface area (Å²) in [4.78, 5) is 17.9. The molecule has 2 aromatic heterocycles. The summed E-state index contributed by atoms with van der Waals surface area (Å²) in [6.45, 7) is 6.48. The van der Waals surface area contributed by atoms with E-state index in [9.17, 15) is 4.79 Å². The van der Waals surface area contributed by atoms with Crippen LogP contribution < -0.4 is 15.4 Å². The maximum absolute atomic E-state index is 12.8. The molecule has 32 heavy (non-hydrogen) atoms. The lowest BCUT2D eigenvalue weighted by Gasteiger charge is -2.21. The SMILES string of the molecule is CC(C)(C)c1ccc(-c2cccs2)c(NC(=O)Nc2ccc(Oc3ccncc3)cc2)c1. The van der Waals surface area contributed by atoms with E-state index in [0.717, 1.165) is 21.7 Å². The summed E-state index contributed by atoms with van der Waals surface area (Å²) in [5.74, 6) is 1.39. The average Bonchev–Trinajstić information content (AvgIpc) is 3.30. The van der Waals surface area contributed by atoms with Gasteiger partial charge in [0.2, 0.25) is 0 Å². The van der Waals surface area contributed by atoms with Crippen LogP contribution in [0.5, 0.6) is 11.5 Å². The molecule has 5 nitrogen and oxygen atoms in total. The van der Waals surface area contributed by atoms with Gasteiger partial charge in [0.1, 0.15) is 11.5 Å². The van der Waals surface area contributed by atoms with Crippen LogP contribution in [0.2, 0.25) is 0 Å². The van der Waals surface area contributed by atoms with Crippen LogP contribution in [0.15, 0.2) is 84.5 Å². The Morgan fingerprint density at radius 1 is 0.906 bits per heavy atom. The molecule has 2 N–H and O–H groups in total. The number of carbonyl (C=O) groups is 1. The van der Waals surface area contributed by atoms with E-state index in [1.807, 2.05) is 35.7 Å². The molecule has 0 aliphatic heterocycles. The van der Waals surface area contributed by atoms with Gasteiger partial charge in [-0.3, -0.25) is 4.98 Å². The number of amides is 2. The zero-order valence-electron chi connectivity index (χ0n) is 18.3. The second-order valence-corrected chi connectivity index (χ2v) is 9.32. The van der Waals surface area contributed by atoms with E-state index in [4.69, 9.17) is 4.74 Å². The van der Waals surface area contributed by atoms with Crippen LogP contribution in [0.25, 0.3) is 10.4 Å². The number of carbonyl (C=O) groups excluding carboxylic acids is 1. The van der Waals surface area contributed by atoms with Crippen molar-refractivity contribution in [2.75, 3.05) is 10.6 Å². The number of hydrogen-bond donors (Lipinski definition) is 2. The zero-order valence-corrected chi connectivity index (χ0v) is 19.1. The highest BCUT2D eigenvalue weighted by atomic mass is 32.1. The quantitative estimate of drug-likeness (QED) is 0.335. The van der Waals surface area contributed by atoms with E-state index < -0.39 is 0 Å². The molecule has 6 heteroatoms. The number of pyridine rings is 1. The van der Waals surface area contributed by atoms with Crippen molar-refractivity contribution in [2.45, 2.75) is 26.2 Å². The zero-order chi connectivity index (χ0) is 22.6. The molecule has 0 bridgehead atoms. The summed E-state index contributed by atoms with van der Waals surface area (Å²) >= 11 is 1.65. The summed E-state index contributed by atoms with van der Waals surface area (Å²) in [6, 6.07) is 20.8. The third kappa shape index (κ3) is 5.34. The Balaban J connectivity index is 1.49. The number of hydrogen-bond acceptors (Lipinski definition) is 4. The van der Waals surface area contributed by atoms with Crippen molar-refractivity contribution < 1.29 is 9.53 Å². The van der Waals surface area contributed by atoms with Crippen LogP contribution in [0.1, 0.15) is 26.3 Å². The molecule has 0 fully saturated rings. The van der Waals surface area contributed by atoms with E-state index in [0.29, 0.717) is 17.2 Å². The predicted molar refractivity (Wildman–Crippen MR) is 132 cm³/mol. The second kappa shape index (κ2) is 9.24. The van der Waals surface area contributed by atoms with Crippen molar-refractivity contribution in [3.05, 3.63) is 90.1 Å². The fraction of sp³-hybridized carbons (Fsp3) is 0.154. The average molecular weight is 444 g/mol. The number of benzene rings is 2. The minimum Gasteiger partial charge on any atom is -0.457 e. The Bertz CT molecular complexity index is 1180. The molecule has 0 radical (unpaired) electrons. The number of nitrogens with zero attached hydrogens (tertiary/aromatic N) is 1. The Hall–Kier alpha value is -3.64. The monoisotopic (exact) mass is 443 g/mol. The van der Waals surface area contributed by atoms with Crippen LogP contribution in [0, 0.1) is 0 Å². The number of nitrogens with one attached hydrogen (secondary N) is 2. The van der Waals surface area contributed by atoms with Gasteiger partial charge in [-0.1, -0.05) is 39.0 Å². The molecule has 0 spiro atoms. The Labute approximate surface area is 192 Å². The highest BCUT2D eigenvalue weighted by Gasteiger charge is 2.17. The van der Waals surface area contributed by atoms with Gasteiger partial charge in [-0.25, -0.2) is 4.79 Å². The molecule has 0 aliphatic carbocycles. The summed E-state index contributed by atoms with van der Waals surface area (Å²) in [6.07, 6.45) is 3.35. The highest BCUT2D eigenvalue weighted by Crippen LogP contribution is 2.35. The molecule has 0 saturated heterocycles. The summed E-state index contributed by atoms with van der Waals surface area (Å²) in [5, 5.41) is 7.97. The summed E-state index contributed by atoms with van der Waals surface area (Å²) < 4.78 is 5.77. The molecule has 2 amide bonds. The molecular weight excluding hydrogens is 418 g/mol. The Morgan fingerprint density at radius 2 is 1.62 bits per heavy atom. The maximum atomic E-state index is 12.8. The van der Waals surface area contributed by atoms with Crippen LogP contribution in [-0.2, 0) is 5.41 Å². The van der Waals surface area contributed by atoms with Crippen molar-refractivity contribution >= 4 is 28.7 Å². The first-order chi connectivity index (χ1) is 15.4. The lowest BCUT2D eigenvalue weighted by molar-refractivity contribution is 0.262. The number of aromatic nitrogens is 1. The largest absolute Gasteiger partial charge is 0.457 e. The third-order valence-corrected chi connectivity index (χ3v) is 5.82. The van der Waals surface area contributed by atoms with Gasteiger partial charge in [0.25, 0.3) is 0 Å². The number of urea groups is 1. The van der Waals surface area contributed by atoms with Crippen LogP contribution in [-0.4, -0.2) is 11.0 Å². The molecule has 0 aliphatic rings. The minimum atomic E-state index is -0.295. The van der Waals surface area contributed by atoms with Gasteiger partial charge in [-0.2, -0.15) is 0 Å². The second-order valence-electron chi connectivity index (χ2n) is 8.38. The number of rotatable bonds is 5. The number of thiophene rings is 1. The molecule has 4 rings (SSSR count). The van der Waals surface area contributed by atoms with Crippen molar-refractivity contribution in [1.29, 1.82) is 0 Å². The normalized spacial score (nSPS) is 11.1. The molecule has 2 aromatic carbocycles. The molecule has 162 valence electrons. The molecule has 2 heterocycles. The first-order valence-electron chi connectivity index (χ1n) is 10.3. The Morgan fingerprint density at radius 3 is 2.28 bits per heavy atom. The van der Waals surface area contributed by atoms with Crippen molar-refractivity contribution in [3.63, 3.8) is 0 Å². The Kier molecular flexibility index (Phi) is 6.23. The lowest BCUT2D eigenvalue weighted by Crippen LogP contribution is -2.20. The molecular formula is C26H25N3O2S. The summed E-state index contributed by atoms with van der Waals surface area (Å²) in [5.41, 5.74) is 3.60. The van der Waals surface area contributed by atoms with Gasteiger partial charge < -0.3 is 15.4 Å². The van der Waals surface area contributed by atoms with E-state index >= 15 is 0 Å². The summed E-state index contributed by atoms with van der Waals surface area (Å²) in [7, 11) is 0. The standard InChI is InChI=1S/C26H25N3O2S/c1-26(2,3)18-6-11-22(24-5-4-16-32-24)23(17-18)29-25(30)28-19-7-9-20(10-8-19)31-21-12-14-27-15-13-21/h4-17H,1-3H3,(H2,28,29,30). The molecule has 0 atom stereocenters. The molecule has 0 saturated carbocycles. The predicted octanol–water partition coefficient (Wildman–Crippen LogP) is 7.54. The van der Waals surface area contributed by atoms with Crippen LogP contribution >= 0.6 is 11.3 Å². The van der Waals surface area contributed by atoms with Gasteiger partial charge in [0.05, 0.1) is 5.69 Å².